The van der Waals surface area contributed by atoms with Crippen LogP contribution in [0.3, 0.4) is 0 Å². The first-order valence-electron chi connectivity index (χ1n) is 11.0. The van der Waals surface area contributed by atoms with E-state index in [-0.39, 0.29) is 22.2 Å². The number of nitrogens with one attached hydrogen (secondary N) is 2. The van der Waals surface area contributed by atoms with Crippen LogP contribution in [0, 0.1) is 17.1 Å². The molecular weight excluding hydrogens is 469 g/mol. The van der Waals surface area contributed by atoms with Crippen molar-refractivity contribution in [3.8, 4) is 6.07 Å². The van der Waals surface area contributed by atoms with Crippen LogP contribution in [0.4, 0.5) is 21.5 Å². The van der Waals surface area contributed by atoms with E-state index in [0.717, 1.165) is 26.2 Å². The van der Waals surface area contributed by atoms with Gasteiger partial charge in [0.25, 0.3) is 11.8 Å². The van der Waals surface area contributed by atoms with Crippen molar-refractivity contribution in [2.24, 2.45) is 0 Å². The van der Waals surface area contributed by atoms with E-state index in [2.05, 4.69) is 15.5 Å². The molecule has 0 spiro atoms. The summed E-state index contributed by atoms with van der Waals surface area (Å²) in [6, 6.07) is 17.3. The number of rotatable bonds is 5. The van der Waals surface area contributed by atoms with Gasteiger partial charge in [-0.05, 0) is 67.7 Å². The minimum absolute atomic E-state index is 0.156. The molecule has 4 rings (SSSR count). The van der Waals surface area contributed by atoms with E-state index in [0.29, 0.717) is 22.5 Å². The van der Waals surface area contributed by atoms with Crippen LogP contribution in [0.5, 0.6) is 0 Å². The molecule has 9 heteroatoms. The van der Waals surface area contributed by atoms with Gasteiger partial charge >= 0.3 is 0 Å². The quantitative estimate of drug-likeness (QED) is 0.544. The Morgan fingerprint density at radius 2 is 1.57 bits per heavy atom. The predicted molar refractivity (Wildman–Crippen MR) is 135 cm³/mol. The third-order valence-electron chi connectivity index (χ3n) is 5.80. The van der Waals surface area contributed by atoms with Crippen molar-refractivity contribution in [1.82, 2.24) is 4.90 Å². The lowest BCUT2D eigenvalue weighted by Gasteiger charge is -2.34. The molecule has 2 amide bonds. The molecule has 0 unspecified atom stereocenters. The molecule has 0 atom stereocenters. The van der Waals surface area contributed by atoms with Gasteiger partial charge in [0.05, 0.1) is 28.0 Å². The monoisotopic (exact) mass is 491 g/mol. The van der Waals surface area contributed by atoms with Crippen molar-refractivity contribution >= 4 is 40.5 Å². The van der Waals surface area contributed by atoms with Crippen LogP contribution in [0.25, 0.3) is 0 Å². The van der Waals surface area contributed by atoms with Gasteiger partial charge in [-0.2, -0.15) is 5.26 Å². The van der Waals surface area contributed by atoms with Gasteiger partial charge < -0.3 is 20.4 Å². The molecule has 35 heavy (non-hydrogen) atoms. The lowest BCUT2D eigenvalue weighted by molar-refractivity contribution is 0.101. The van der Waals surface area contributed by atoms with Crippen molar-refractivity contribution < 1.29 is 14.0 Å². The normalized spacial score (nSPS) is 13.7. The van der Waals surface area contributed by atoms with Gasteiger partial charge in [0.2, 0.25) is 0 Å². The maximum atomic E-state index is 14.8. The molecule has 1 heterocycles. The molecule has 2 N–H and O–H groups in total. The lowest BCUT2D eigenvalue weighted by Crippen LogP contribution is -2.44. The van der Waals surface area contributed by atoms with E-state index in [1.807, 2.05) is 18.0 Å². The SMILES string of the molecule is CN1CCN(c2ccc(C(=O)Nc3cc(NC(=O)c4ccc(C#N)cc4)ccc3Cl)cc2F)CC1. The fraction of sp³-hybridized carbons (Fsp3) is 0.192. The van der Waals surface area contributed by atoms with E-state index >= 15 is 0 Å². The zero-order chi connectivity index (χ0) is 24.9. The number of anilines is 3. The molecule has 0 radical (unpaired) electrons. The van der Waals surface area contributed by atoms with Gasteiger partial charge in [-0.15, -0.1) is 0 Å². The molecule has 0 aromatic heterocycles. The first-order chi connectivity index (χ1) is 16.8. The number of carbonyl (C=O) groups is 2. The van der Waals surface area contributed by atoms with Crippen molar-refractivity contribution in [1.29, 1.82) is 5.26 Å². The summed E-state index contributed by atoms with van der Waals surface area (Å²) in [5, 5.41) is 14.6. The fourth-order valence-electron chi connectivity index (χ4n) is 3.74. The number of halogens is 2. The zero-order valence-electron chi connectivity index (χ0n) is 19.0. The van der Waals surface area contributed by atoms with Crippen LogP contribution < -0.4 is 15.5 Å². The molecule has 1 aliphatic rings. The average Bonchev–Trinajstić information content (AvgIpc) is 2.86. The molecule has 3 aromatic rings. The Morgan fingerprint density at radius 3 is 2.23 bits per heavy atom. The number of likely N-dealkylation sites (N-methyl/N-ethyl adjacent to an activating group) is 1. The number of carbonyl (C=O) groups excluding carboxylic acids is 2. The second-order valence-corrected chi connectivity index (χ2v) is 8.66. The van der Waals surface area contributed by atoms with Gasteiger partial charge in [0, 0.05) is 43.0 Å². The van der Waals surface area contributed by atoms with Crippen LogP contribution in [0.2, 0.25) is 5.02 Å². The highest BCUT2D eigenvalue weighted by Crippen LogP contribution is 2.27. The zero-order valence-corrected chi connectivity index (χ0v) is 19.8. The van der Waals surface area contributed by atoms with Crippen LogP contribution in [0.1, 0.15) is 26.3 Å². The summed E-state index contributed by atoms with van der Waals surface area (Å²) in [7, 11) is 2.03. The fourth-order valence-corrected chi connectivity index (χ4v) is 3.91. The van der Waals surface area contributed by atoms with Gasteiger partial charge in [-0.25, -0.2) is 4.39 Å². The molecule has 0 bridgehead atoms. The Kier molecular flexibility index (Phi) is 7.30. The maximum absolute atomic E-state index is 14.8. The highest BCUT2D eigenvalue weighted by molar-refractivity contribution is 6.34. The first-order valence-corrected chi connectivity index (χ1v) is 11.4. The molecule has 1 saturated heterocycles. The molecule has 0 aliphatic carbocycles. The number of hydrogen-bond acceptors (Lipinski definition) is 5. The van der Waals surface area contributed by atoms with E-state index in [4.69, 9.17) is 16.9 Å². The Bertz CT molecular complexity index is 1300. The molecule has 0 saturated carbocycles. The van der Waals surface area contributed by atoms with Crippen LogP contribution in [0.15, 0.2) is 60.7 Å². The minimum Gasteiger partial charge on any atom is -0.367 e. The van der Waals surface area contributed by atoms with E-state index in [1.165, 1.54) is 12.1 Å². The Hall–Kier alpha value is -3.93. The van der Waals surface area contributed by atoms with E-state index in [1.54, 1.807) is 48.5 Å². The van der Waals surface area contributed by atoms with Crippen LogP contribution in [-0.2, 0) is 0 Å². The summed E-state index contributed by atoms with van der Waals surface area (Å²) >= 11 is 6.24. The molecule has 7 nitrogen and oxygen atoms in total. The predicted octanol–water partition coefficient (Wildman–Crippen LogP) is 4.61. The summed E-state index contributed by atoms with van der Waals surface area (Å²) < 4.78 is 14.8. The number of benzene rings is 3. The number of amides is 2. The van der Waals surface area contributed by atoms with Gasteiger partial charge in [-0.3, -0.25) is 9.59 Å². The third kappa shape index (κ3) is 5.77. The highest BCUT2D eigenvalue weighted by atomic mass is 35.5. The molecule has 1 fully saturated rings. The standard InChI is InChI=1S/C26H23ClFN5O2/c1-32-10-12-33(13-11-32)24-9-6-19(14-22(24)28)26(35)31-23-15-20(7-8-21(23)27)30-25(34)18-4-2-17(16-29)3-5-18/h2-9,14-15H,10-13H2,1H3,(H,30,34)(H,31,35). The molecule has 1 aliphatic heterocycles. The molecule has 178 valence electrons. The van der Waals surface area contributed by atoms with Gasteiger partial charge in [0.1, 0.15) is 5.82 Å². The van der Waals surface area contributed by atoms with Crippen LogP contribution >= 0.6 is 11.6 Å². The first kappa shape index (κ1) is 24.2. The summed E-state index contributed by atoms with van der Waals surface area (Å²) in [6.45, 7) is 3.13. The molecular formula is C26H23ClFN5O2. The third-order valence-corrected chi connectivity index (χ3v) is 6.13. The summed E-state index contributed by atoms with van der Waals surface area (Å²) in [6.07, 6.45) is 0. The van der Waals surface area contributed by atoms with Crippen molar-refractivity contribution in [3.05, 3.63) is 88.2 Å². The Morgan fingerprint density at radius 1 is 0.914 bits per heavy atom. The molecule has 3 aromatic carbocycles. The van der Waals surface area contributed by atoms with E-state index < -0.39 is 11.7 Å². The average molecular weight is 492 g/mol. The summed E-state index contributed by atoms with van der Waals surface area (Å²) in [5.41, 5.74) is 2.14. The largest absolute Gasteiger partial charge is 0.367 e. The Labute approximate surface area is 207 Å². The second-order valence-electron chi connectivity index (χ2n) is 8.25. The highest BCUT2D eigenvalue weighted by Gasteiger charge is 2.19. The van der Waals surface area contributed by atoms with Crippen molar-refractivity contribution in [2.75, 3.05) is 48.8 Å². The van der Waals surface area contributed by atoms with E-state index in [9.17, 15) is 14.0 Å². The minimum atomic E-state index is -0.522. The Balaban J connectivity index is 1.45. The van der Waals surface area contributed by atoms with Gasteiger partial charge in [-0.1, -0.05) is 11.6 Å². The topological polar surface area (TPSA) is 88.5 Å². The summed E-state index contributed by atoms with van der Waals surface area (Å²) in [5.74, 6) is -1.36. The van der Waals surface area contributed by atoms with Crippen molar-refractivity contribution in [2.45, 2.75) is 0 Å². The number of nitrogens with zero attached hydrogens (tertiary/aromatic N) is 3. The number of piperazine rings is 1. The number of hydrogen-bond donors (Lipinski definition) is 2. The second kappa shape index (κ2) is 10.6. The van der Waals surface area contributed by atoms with Gasteiger partial charge in [0.15, 0.2) is 0 Å². The summed E-state index contributed by atoms with van der Waals surface area (Å²) in [4.78, 5) is 29.5. The van der Waals surface area contributed by atoms with Crippen molar-refractivity contribution in [3.63, 3.8) is 0 Å². The maximum Gasteiger partial charge on any atom is 0.255 e. The van der Waals surface area contributed by atoms with Crippen LogP contribution in [-0.4, -0.2) is 49.9 Å². The lowest BCUT2D eigenvalue weighted by atomic mass is 10.1. The number of nitriles is 1. The smallest absolute Gasteiger partial charge is 0.255 e.